The predicted octanol–water partition coefficient (Wildman–Crippen LogP) is 0.258. The molecular formula is C15H19N3O4. The van der Waals surface area contributed by atoms with E-state index < -0.39 is 12.1 Å². The van der Waals surface area contributed by atoms with Gasteiger partial charge in [0.15, 0.2) is 0 Å². The Morgan fingerprint density at radius 2 is 1.91 bits per heavy atom. The van der Waals surface area contributed by atoms with E-state index in [-0.39, 0.29) is 31.0 Å². The van der Waals surface area contributed by atoms with Gasteiger partial charge in [-0.25, -0.2) is 4.79 Å². The molecule has 1 aromatic carbocycles. The Hall–Kier alpha value is -2.57. The summed E-state index contributed by atoms with van der Waals surface area (Å²) in [5.41, 5.74) is 0.864. The number of likely N-dealkylation sites (N-methyl/N-ethyl adjacent to an activating group) is 1. The molecule has 0 unspecified atom stereocenters. The summed E-state index contributed by atoms with van der Waals surface area (Å²) >= 11 is 0. The van der Waals surface area contributed by atoms with Crippen molar-refractivity contribution in [1.29, 1.82) is 0 Å². The van der Waals surface area contributed by atoms with E-state index in [1.165, 1.54) is 11.9 Å². The van der Waals surface area contributed by atoms with E-state index in [0.29, 0.717) is 0 Å². The van der Waals surface area contributed by atoms with Gasteiger partial charge in [0.05, 0.1) is 6.04 Å². The van der Waals surface area contributed by atoms with Crippen molar-refractivity contribution in [3.05, 3.63) is 35.9 Å². The van der Waals surface area contributed by atoms with Crippen molar-refractivity contribution < 1.29 is 19.1 Å². The second-order valence-corrected chi connectivity index (χ2v) is 5.02. The lowest BCUT2D eigenvalue weighted by Gasteiger charge is -2.08. The fraction of sp³-hybridized carbons (Fsp3) is 0.400. The van der Waals surface area contributed by atoms with E-state index in [1.54, 1.807) is 6.92 Å². The Kier molecular flexibility index (Phi) is 4.98. The highest BCUT2D eigenvalue weighted by molar-refractivity contribution is 5.94. The summed E-state index contributed by atoms with van der Waals surface area (Å²) in [7, 11) is 1.52. The second-order valence-electron chi connectivity index (χ2n) is 5.02. The molecule has 3 amide bonds. The number of carbonyl (C=O) groups is 3. The highest BCUT2D eigenvalue weighted by atomic mass is 16.5. The molecule has 1 fully saturated rings. The number of amides is 3. The predicted molar refractivity (Wildman–Crippen MR) is 78.8 cm³/mol. The van der Waals surface area contributed by atoms with Crippen LogP contribution in [0.3, 0.4) is 0 Å². The number of alkyl carbamates (subject to hydrolysis) is 1. The minimum absolute atomic E-state index is 0.141. The number of benzene rings is 1. The molecule has 7 nitrogen and oxygen atoms in total. The minimum atomic E-state index is -0.664. The molecule has 0 bridgehead atoms. The van der Waals surface area contributed by atoms with Gasteiger partial charge in [0.25, 0.3) is 0 Å². The zero-order valence-electron chi connectivity index (χ0n) is 12.5. The molecule has 2 N–H and O–H groups in total. The van der Waals surface area contributed by atoms with Crippen molar-refractivity contribution in [2.75, 3.05) is 13.6 Å². The molecule has 2 rings (SSSR count). The molecular weight excluding hydrogens is 286 g/mol. The molecule has 1 aliphatic rings. The molecule has 0 aliphatic carbocycles. The Labute approximate surface area is 128 Å². The first kappa shape index (κ1) is 15.8. The third-order valence-corrected chi connectivity index (χ3v) is 3.51. The van der Waals surface area contributed by atoms with E-state index in [1.807, 2.05) is 30.3 Å². The molecule has 1 heterocycles. The van der Waals surface area contributed by atoms with Crippen LogP contribution in [0.5, 0.6) is 0 Å². The third kappa shape index (κ3) is 3.75. The van der Waals surface area contributed by atoms with Gasteiger partial charge in [-0.15, -0.1) is 0 Å². The van der Waals surface area contributed by atoms with Crippen LogP contribution in [-0.2, 0) is 20.9 Å². The quantitative estimate of drug-likeness (QED) is 0.764. The lowest BCUT2D eigenvalue weighted by atomic mass is 10.2. The number of ether oxygens (including phenoxy) is 1. The topological polar surface area (TPSA) is 87.5 Å². The number of hydrogen-bond donors (Lipinski definition) is 2. The molecule has 2 atom stereocenters. The van der Waals surface area contributed by atoms with Gasteiger partial charge in [0, 0.05) is 7.05 Å². The van der Waals surface area contributed by atoms with Crippen LogP contribution in [0.1, 0.15) is 12.5 Å². The summed E-state index contributed by atoms with van der Waals surface area (Å²) in [6.07, 6.45) is -0.664. The molecule has 0 aromatic heterocycles. The number of hydrogen-bond acceptors (Lipinski definition) is 4. The molecule has 0 spiro atoms. The minimum Gasteiger partial charge on any atom is -0.445 e. The van der Waals surface area contributed by atoms with Gasteiger partial charge >= 0.3 is 6.09 Å². The summed E-state index contributed by atoms with van der Waals surface area (Å²) in [6.45, 7) is 1.73. The SMILES string of the molecule is CNC(=O)[C@@H]1[C@H](C)N1C(=O)CNC(=O)OCc1ccccc1. The highest BCUT2D eigenvalue weighted by Gasteiger charge is 2.51. The first-order valence-corrected chi connectivity index (χ1v) is 7.02. The van der Waals surface area contributed by atoms with Crippen LogP contribution in [0.4, 0.5) is 4.79 Å². The van der Waals surface area contributed by atoms with Crippen LogP contribution in [0.15, 0.2) is 30.3 Å². The van der Waals surface area contributed by atoms with Crippen molar-refractivity contribution in [1.82, 2.24) is 15.5 Å². The largest absolute Gasteiger partial charge is 0.445 e. The Morgan fingerprint density at radius 3 is 2.55 bits per heavy atom. The number of nitrogens with zero attached hydrogens (tertiary/aromatic N) is 1. The first-order chi connectivity index (χ1) is 10.5. The third-order valence-electron chi connectivity index (χ3n) is 3.51. The average Bonchev–Trinajstić information content (AvgIpc) is 3.22. The lowest BCUT2D eigenvalue weighted by Crippen LogP contribution is -2.35. The van der Waals surface area contributed by atoms with Gasteiger partial charge in [-0.2, -0.15) is 0 Å². The van der Waals surface area contributed by atoms with Gasteiger partial charge in [0.2, 0.25) is 11.8 Å². The maximum atomic E-state index is 11.9. The van der Waals surface area contributed by atoms with Crippen LogP contribution >= 0.6 is 0 Å². The van der Waals surface area contributed by atoms with E-state index in [9.17, 15) is 14.4 Å². The van der Waals surface area contributed by atoms with Gasteiger partial charge in [-0.05, 0) is 12.5 Å². The number of carbonyl (C=O) groups excluding carboxylic acids is 3. The summed E-state index contributed by atoms with van der Waals surface area (Å²) in [5, 5.41) is 4.89. The summed E-state index contributed by atoms with van der Waals surface area (Å²) in [6, 6.07) is 8.65. The Morgan fingerprint density at radius 1 is 1.23 bits per heavy atom. The van der Waals surface area contributed by atoms with Crippen LogP contribution in [-0.4, -0.2) is 48.5 Å². The van der Waals surface area contributed by atoms with E-state index in [4.69, 9.17) is 4.74 Å². The first-order valence-electron chi connectivity index (χ1n) is 7.02. The molecule has 22 heavy (non-hydrogen) atoms. The molecule has 118 valence electrons. The molecule has 1 aliphatic heterocycles. The fourth-order valence-electron chi connectivity index (χ4n) is 2.24. The van der Waals surface area contributed by atoms with Gasteiger partial charge in [-0.1, -0.05) is 30.3 Å². The van der Waals surface area contributed by atoms with Crippen molar-refractivity contribution >= 4 is 17.9 Å². The van der Waals surface area contributed by atoms with E-state index in [0.717, 1.165) is 5.56 Å². The van der Waals surface area contributed by atoms with Gasteiger partial charge in [-0.3, -0.25) is 9.59 Å². The second kappa shape index (κ2) is 6.93. The normalized spacial score (nSPS) is 19.3. The number of nitrogens with one attached hydrogen (secondary N) is 2. The van der Waals surface area contributed by atoms with Crippen LogP contribution in [0.25, 0.3) is 0 Å². The number of rotatable bonds is 5. The van der Waals surface area contributed by atoms with Crippen molar-refractivity contribution in [2.45, 2.75) is 25.6 Å². The molecule has 1 saturated heterocycles. The lowest BCUT2D eigenvalue weighted by molar-refractivity contribution is -0.129. The zero-order valence-corrected chi connectivity index (χ0v) is 12.5. The summed E-state index contributed by atoms with van der Waals surface area (Å²) in [5.74, 6) is -0.509. The Bertz CT molecular complexity index is 561. The zero-order chi connectivity index (χ0) is 16.1. The van der Waals surface area contributed by atoms with E-state index >= 15 is 0 Å². The molecule has 1 aromatic rings. The smallest absolute Gasteiger partial charge is 0.407 e. The van der Waals surface area contributed by atoms with Crippen molar-refractivity contribution in [3.63, 3.8) is 0 Å². The maximum Gasteiger partial charge on any atom is 0.407 e. The van der Waals surface area contributed by atoms with Crippen LogP contribution < -0.4 is 10.6 Å². The summed E-state index contributed by atoms with van der Waals surface area (Å²) < 4.78 is 5.00. The monoisotopic (exact) mass is 305 g/mol. The molecule has 0 saturated carbocycles. The summed E-state index contributed by atoms with van der Waals surface area (Å²) in [4.78, 5) is 36.3. The standard InChI is InChI=1S/C15H19N3O4/c1-10-13(14(20)16-2)18(10)12(19)8-17-15(21)22-9-11-6-4-3-5-7-11/h3-7,10,13H,8-9H2,1-2H3,(H,16,20)(H,17,21)/t10-,13-,18?/m0/s1. The van der Waals surface area contributed by atoms with Crippen molar-refractivity contribution in [3.8, 4) is 0 Å². The van der Waals surface area contributed by atoms with Gasteiger partial charge in [0.1, 0.15) is 19.2 Å². The van der Waals surface area contributed by atoms with Gasteiger partial charge < -0.3 is 20.3 Å². The fourth-order valence-corrected chi connectivity index (χ4v) is 2.24. The molecule has 0 radical (unpaired) electrons. The van der Waals surface area contributed by atoms with Crippen LogP contribution in [0, 0.1) is 0 Å². The van der Waals surface area contributed by atoms with Crippen LogP contribution in [0.2, 0.25) is 0 Å². The highest BCUT2D eigenvalue weighted by Crippen LogP contribution is 2.27. The van der Waals surface area contributed by atoms with Crippen molar-refractivity contribution in [2.24, 2.45) is 0 Å². The average molecular weight is 305 g/mol. The molecule has 7 heteroatoms. The maximum absolute atomic E-state index is 11.9. The van der Waals surface area contributed by atoms with E-state index in [2.05, 4.69) is 10.6 Å². The Balaban J connectivity index is 1.70.